The lowest BCUT2D eigenvalue weighted by Gasteiger charge is -2.19. The molecule has 1 heterocycles. The van der Waals surface area contributed by atoms with E-state index in [4.69, 9.17) is 9.26 Å². The van der Waals surface area contributed by atoms with Crippen LogP contribution in [0.25, 0.3) is 0 Å². The van der Waals surface area contributed by atoms with Gasteiger partial charge in [-0.2, -0.15) is 0 Å². The number of benzene rings is 1. The molecule has 5 nitrogen and oxygen atoms in total. The number of carboxylic acids is 1. The van der Waals surface area contributed by atoms with Crippen molar-refractivity contribution < 1.29 is 19.2 Å². The van der Waals surface area contributed by atoms with Crippen LogP contribution in [0.1, 0.15) is 36.4 Å². The summed E-state index contributed by atoms with van der Waals surface area (Å²) in [5, 5.41) is 13.1. The van der Waals surface area contributed by atoms with E-state index < -0.39 is 11.4 Å². The van der Waals surface area contributed by atoms with Gasteiger partial charge in [0.05, 0.1) is 16.7 Å². The number of nitrogens with zero attached hydrogens (tertiary/aromatic N) is 1. The van der Waals surface area contributed by atoms with E-state index in [2.05, 4.69) is 5.16 Å². The average Bonchev–Trinajstić information content (AvgIpc) is 2.76. The molecule has 1 aromatic carbocycles. The first-order valence-corrected chi connectivity index (χ1v) is 6.71. The zero-order valence-corrected chi connectivity index (χ0v) is 12.6. The highest BCUT2D eigenvalue weighted by Gasteiger charge is 2.29. The smallest absolute Gasteiger partial charge is 0.313 e. The molecule has 0 bridgehead atoms. The number of carbonyl (C=O) groups is 1. The zero-order valence-electron chi connectivity index (χ0n) is 12.6. The van der Waals surface area contributed by atoms with E-state index in [9.17, 15) is 9.90 Å². The topological polar surface area (TPSA) is 72.6 Å². The van der Waals surface area contributed by atoms with Crippen molar-refractivity contribution in [2.75, 3.05) is 0 Å². The molecule has 2 rings (SSSR count). The van der Waals surface area contributed by atoms with Gasteiger partial charge in [0, 0.05) is 0 Å². The Labute approximate surface area is 123 Å². The molecular formula is C16H19NO4. The Bertz CT molecular complexity index is 621. The van der Waals surface area contributed by atoms with Crippen LogP contribution in [0, 0.1) is 13.8 Å². The van der Waals surface area contributed by atoms with E-state index in [1.165, 1.54) is 0 Å². The van der Waals surface area contributed by atoms with Gasteiger partial charge in [0.15, 0.2) is 0 Å². The molecule has 0 aliphatic rings. The van der Waals surface area contributed by atoms with Crippen LogP contribution in [0.2, 0.25) is 0 Å². The fourth-order valence-corrected chi connectivity index (χ4v) is 1.95. The quantitative estimate of drug-likeness (QED) is 0.914. The molecule has 1 aromatic heterocycles. The number of aromatic nitrogens is 1. The van der Waals surface area contributed by atoms with Crippen molar-refractivity contribution in [3.05, 3.63) is 46.8 Å². The van der Waals surface area contributed by atoms with Gasteiger partial charge in [-0.05, 0) is 45.4 Å². The number of hydrogen-bond acceptors (Lipinski definition) is 4. The normalized spacial score (nSPS) is 11.4. The summed E-state index contributed by atoms with van der Waals surface area (Å²) in [6.07, 6.45) is 0. The molecule has 21 heavy (non-hydrogen) atoms. The highest BCUT2D eigenvalue weighted by atomic mass is 16.5. The second kappa shape index (κ2) is 5.60. The summed E-state index contributed by atoms with van der Waals surface area (Å²) in [5.41, 5.74) is 1.57. The second-order valence-corrected chi connectivity index (χ2v) is 5.55. The number of aliphatic carboxylic acids is 1. The minimum atomic E-state index is -0.916. The largest absolute Gasteiger partial charge is 0.489 e. The molecule has 0 aliphatic carbocycles. The van der Waals surface area contributed by atoms with Gasteiger partial charge in [-0.1, -0.05) is 17.3 Å². The van der Waals surface area contributed by atoms with Crippen LogP contribution in [0.15, 0.2) is 28.8 Å². The van der Waals surface area contributed by atoms with Gasteiger partial charge in [-0.25, -0.2) is 0 Å². The van der Waals surface area contributed by atoms with Crippen LogP contribution in [0.5, 0.6) is 5.75 Å². The summed E-state index contributed by atoms with van der Waals surface area (Å²) in [6, 6.07) is 7.10. The van der Waals surface area contributed by atoms with Crippen LogP contribution < -0.4 is 4.74 Å². The number of aryl methyl sites for hydroxylation is 2. The Hall–Kier alpha value is -2.30. The number of carboxylic acid groups (broad SMARTS) is 1. The lowest BCUT2D eigenvalue weighted by Crippen LogP contribution is -2.28. The SMILES string of the molecule is Cc1noc(C)c1COc1ccc(C(C)(C)C(=O)O)cc1. The zero-order chi connectivity index (χ0) is 15.6. The van der Waals surface area contributed by atoms with Gasteiger partial charge < -0.3 is 14.4 Å². The predicted molar refractivity (Wildman–Crippen MR) is 77.4 cm³/mol. The maximum absolute atomic E-state index is 11.2. The highest BCUT2D eigenvalue weighted by Crippen LogP contribution is 2.26. The second-order valence-electron chi connectivity index (χ2n) is 5.55. The summed E-state index contributed by atoms with van der Waals surface area (Å²) < 4.78 is 10.8. The van der Waals surface area contributed by atoms with Crippen LogP contribution in [-0.2, 0) is 16.8 Å². The third kappa shape index (κ3) is 3.07. The van der Waals surface area contributed by atoms with E-state index in [1.54, 1.807) is 38.1 Å². The van der Waals surface area contributed by atoms with Gasteiger partial charge in [-0.3, -0.25) is 4.79 Å². The van der Waals surface area contributed by atoms with Crippen molar-refractivity contribution in [1.82, 2.24) is 5.16 Å². The Morgan fingerprint density at radius 2 is 1.90 bits per heavy atom. The van der Waals surface area contributed by atoms with Gasteiger partial charge in [0.2, 0.25) is 0 Å². The molecule has 0 spiro atoms. The summed E-state index contributed by atoms with van der Waals surface area (Å²) in [5.74, 6) is 0.572. The van der Waals surface area contributed by atoms with Gasteiger partial charge in [0.25, 0.3) is 0 Å². The van der Waals surface area contributed by atoms with Gasteiger partial charge in [-0.15, -0.1) is 0 Å². The Morgan fingerprint density at radius 1 is 1.29 bits per heavy atom. The van der Waals surface area contributed by atoms with E-state index in [0.29, 0.717) is 12.4 Å². The fourth-order valence-electron chi connectivity index (χ4n) is 1.95. The molecule has 5 heteroatoms. The first kappa shape index (κ1) is 15.1. The molecule has 1 N–H and O–H groups in total. The van der Waals surface area contributed by atoms with E-state index >= 15 is 0 Å². The first-order chi connectivity index (χ1) is 9.82. The van der Waals surface area contributed by atoms with E-state index in [1.807, 2.05) is 13.8 Å². The molecule has 0 saturated heterocycles. The molecule has 0 atom stereocenters. The fraction of sp³-hybridized carbons (Fsp3) is 0.375. The lowest BCUT2D eigenvalue weighted by atomic mass is 9.85. The molecule has 0 radical (unpaired) electrons. The number of rotatable bonds is 5. The third-order valence-electron chi connectivity index (χ3n) is 3.68. The summed E-state index contributed by atoms with van der Waals surface area (Å²) in [7, 11) is 0. The van der Waals surface area contributed by atoms with Crippen LogP contribution in [-0.4, -0.2) is 16.2 Å². The van der Waals surface area contributed by atoms with Gasteiger partial charge >= 0.3 is 5.97 Å². The Balaban J connectivity index is 2.08. The summed E-state index contributed by atoms with van der Waals surface area (Å²) in [4.78, 5) is 11.2. The Kier molecular flexibility index (Phi) is 4.02. The van der Waals surface area contributed by atoms with E-state index in [-0.39, 0.29) is 0 Å². The summed E-state index contributed by atoms with van der Waals surface area (Å²) >= 11 is 0. The van der Waals surface area contributed by atoms with Gasteiger partial charge in [0.1, 0.15) is 18.1 Å². The molecular weight excluding hydrogens is 270 g/mol. The maximum Gasteiger partial charge on any atom is 0.313 e. The lowest BCUT2D eigenvalue weighted by molar-refractivity contribution is -0.142. The molecule has 0 aliphatic heterocycles. The highest BCUT2D eigenvalue weighted by molar-refractivity contribution is 5.80. The third-order valence-corrected chi connectivity index (χ3v) is 3.68. The van der Waals surface area contributed by atoms with Crippen molar-refractivity contribution in [1.29, 1.82) is 0 Å². The molecule has 0 unspecified atom stereocenters. The Morgan fingerprint density at radius 3 is 2.38 bits per heavy atom. The molecule has 0 saturated carbocycles. The molecule has 0 amide bonds. The standard InChI is InChI=1S/C16H19NO4/c1-10-14(11(2)21-17-10)9-20-13-7-5-12(6-8-13)16(3,4)15(18)19/h5-8H,9H2,1-4H3,(H,18,19). The van der Waals surface area contributed by atoms with Crippen molar-refractivity contribution in [2.45, 2.75) is 39.7 Å². The minimum absolute atomic E-state index is 0.378. The number of hydrogen-bond donors (Lipinski definition) is 1. The number of ether oxygens (including phenoxy) is 1. The molecule has 112 valence electrons. The minimum Gasteiger partial charge on any atom is -0.489 e. The molecule has 0 fully saturated rings. The summed E-state index contributed by atoms with van der Waals surface area (Å²) in [6.45, 7) is 7.44. The van der Waals surface area contributed by atoms with Crippen LogP contribution in [0.3, 0.4) is 0 Å². The predicted octanol–water partition coefficient (Wildman–Crippen LogP) is 3.23. The van der Waals surface area contributed by atoms with Crippen LogP contribution in [0.4, 0.5) is 0 Å². The first-order valence-electron chi connectivity index (χ1n) is 6.71. The van der Waals surface area contributed by atoms with Crippen LogP contribution >= 0.6 is 0 Å². The average molecular weight is 289 g/mol. The van der Waals surface area contributed by atoms with Crippen molar-refractivity contribution in [3.63, 3.8) is 0 Å². The van der Waals surface area contributed by atoms with Crippen molar-refractivity contribution >= 4 is 5.97 Å². The monoisotopic (exact) mass is 289 g/mol. The van der Waals surface area contributed by atoms with Crippen molar-refractivity contribution in [3.8, 4) is 5.75 Å². The van der Waals surface area contributed by atoms with E-state index in [0.717, 1.165) is 22.6 Å². The van der Waals surface area contributed by atoms with Crippen molar-refractivity contribution in [2.24, 2.45) is 0 Å². The molecule has 2 aromatic rings. The maximum atomic E-state index is 11.2.